The molecule has 1 spiro atoms. The van der Waals surface area contributed by atoms with E-state index < -0.39 is 0 Å². The maximum atomic E-state index is 12.6. The lowest BCUT2D eigenvalue weighted by atomic mass is 9.78. The Labute approximate surface area is 182 Å². The van der Waals surface area contributed by atoms with Gasteiger partial charge in [-0.05, 0) is 55.0 Å². The van der Waals surface area contributed by atoms with Gasteiger partial charge in [-0.25, -0.2) is 4.79 Å². The zero-order valence-electron chi connectivity index (χ0n) is 18.1. The van der Waals surface area contributed by atoms with E-state index in [0.717, 1.165) is 36.0 Å². The molecule has 2 aliphatic rings. The normalized spacial score (nSPS) is 17.0. The van der Waals surface area contributed by atoms with Gasteiger partial charge in [0.1, 0.15) is 0 Å². The molecule has 3 amide bonds. The first-order chi connectivity index (χ1) is 15.0. The summed E-state index contributed by atoms with van der Waals surface area (Å²) in [5.41, 5.74) is 2.68. The number of amides is 3. The zero-order valence-corrected chi connectivity index (χ0v) is 18.1. The fraction of sp³-hybridized carbons (Fsp3) is 0.417. The number of carbonyl (C=O) groups is 2. The number of hydrogen-bond acceptors (Lipinski definition) is 4. The van der Waals surface area contributed by atoms with Crippen molar-refractivity contribution in [2.24, 2.45) is 0 Å². The molecule has 7 nitrogen and oxygen atoms in total. The van der Waals surface area contributed by atoms with Gasteiger partial charge in [-0.1, -0.05) is 24.3 Å². The van der Waals surface area contributed by atoms with Crippen LogP contribution in [-0.2, 0) is 12.8 Å². The summed E-state index contributed by atoms with van der Waals surface area (Å²) < 4.78 is 10.6. The van der Waals surface area contributed by atoms with Crippen molar-refractivity contribution >= 4 is 11.9 Å². The highest BCUT2D eigenvalue weighted by Gasteiger charge is 2.41. The van der Waals surface area contributed by atoms with Crippen LogP contribution in [0.5, 0.6) is 11.5 Å². The van der Waals surface area contributed by atoms with Gasteiger partial charge in [-0.2, -0.15) is 0 Å². The number of fused-ring (bicyclic) bond motifs is 1. The quantitative estimate of drug-likeness (QED) is 0.775. The maximum absolute atomic E-state index is 12.6. The monoisotopic (exact) mass is 423 g/mol. The Morgan fingerprint density at radius 1 is 1.10 bits per heavy atom. The number of piperidine rings is 1. The largest absolute Gasteiger partial charge is 0.493 e. The molecule has 0 aliphatic carbocycles. The molecule has 7 heteroatoms. The Bertz CT molecular complexity index is 967. The molecule has 164 valence electrons. The minimum atomic E-state index is -0.248. The Morgan fingerprint density at radius 3 is 2.58 bits per heavy atom. The fourth-order valence-corrected chi connectivity index (χ4v) is 4.51. The summed E-state index contributed by atoms with van der Waals surface area (Å²) >= 11 is 0. The molecule has 0 unspecified atom stereocenters. The molecular weight excluding hydrogens is 394 g/mol. The minimum absolute atomic E-state index is 0.00493. The molecule has 2 aromatic rings. The Hall–Kier alpha value is -3.22. The second kappa shape index (κ2) is 8.88. The average Bonchev–Trinajstić information content (AvgIpc) is 2.79. The molecule has 4 rings (SSSR count). The average molecular weight is 424 g/mol. The molecule has 0 aromatic heterocycles. The molecule has 1 saturated heterocycles. The van der Waals surface area contributed by atoms with Gasteiger partial charge in [0.15, 0.2) is 11.5 Å². The maximum Gasteiger partial charge on any atom is 0.317 e. The molecule has 2 aromatic carbocycles. The van der Waals surface area contributed by atoms with Gasteiger partial charge in [0, 0.05) is 30.7 Å². The third kappa shape index (κ3) is 4.45. The predicted octanol–water partition coefficient (Wildman–Crippen LogP) is 2.78. The molecule has 2 aliphatic heterocycles. The van der Waals surface area contributed by atoms with Crippen molar-refractivity contribution in [3.05, 3.63) is 59.2 Å². The highest BCUT2D eigenvalue weighted by Crippen LogP contribution is 2.32. The summed E-state index contributed by atoms with van der Waals surface area (Å²) in [7, 11) is 3.22. The van der Waals surface area contributed by atoms with Crippen molar-refractivity contribution in [3.63, 3.8) is 0 Å². The van der Waals surface area contributed by atoms with Crippen molar-refractivity contribution in [2.75, 3.05) is 33.9 Å². The lowest BCUT2D eigenvalue weighted by Crippen LogP contribution is -2.60. The number of nitrogens with zero attached hydrogens (tertiary/aromatic N) is 1. The van der Waals surface area contributed by atoms with Gasteiger partial charge in [-0.3, -0.25) is 4.79 Å². The van der Waals surface area contributed by atoms with Gasteiger partial charge < -0.3 is 25.0 Å². The second-order valence-corrected chi connectivity index (χ2v) is 8.23. The molecule has 0 saturated carbocycles. The Balaban J connectivity index is 1.28. The number of benzene rings is 2. The van der Waals surface area contributed by atoms with E-state index in [1.165, 1.54) is 0 Å². The fourth-order valence-electron chi connectivity index (χ4n) is 4.51. The third-order valence-electron chi connectivity index (χ3n) is 6.32. The highest BCUT2D eigenvalue weighted by atomic mass is 16.5. The summed E-state index contributed by atoms with van der Waals surface area (Å²) in [5.74, 6) is 1.37. The predicted molar refractivity (Wildman–Crippen MR) is 118 cm³/mol. The zero-order chi connectivity index (χ0) is 21.8. The molecule has 1 fully saturated rings. The molecule has 0 atom stereocenters. The van der Waals surface area contributed by atoms with Crippen molar-refractivity contribution in [1.29, 1.82) is 0 Å². The van der Waals surface area contributed by atoms with Crippen molar-refractivity contribution in [1.82, 2.24) is 15.5 Å². The molecule has 0 radical (unpaired) electrons. The molecule has 31 heavy (non-hydrogen) atoms. The first-order valence-corrected chi connectivity index (χ1v) is 10.7. The summed E-state index contributed by atoms with van der Waals surface area (Å²) in [4.78, 5) is 27.0. The number of rotatable bonds is 5. The van der Waals surface area contributed by atoms with Crippen LogP contribution in [0.15, 0.2) is 42.5 Å². The summed E-state index contributed by atoms with van der Waals surface area (Å²) in [6.07, 6.45) is 3.05. The van der Waals surface area contributed by atoms with E-state index in [9.17, 15) is 9.59 Å². The van der Waals surface area contributed by atoms with Crippen LogP contribution < -0.4 is 20.1 Å². The Kier molecular flexibility index (Phi) is 6.02. The second-order valence-electron chi connectivity index (χ2n) is 8.23. The lowest BCUT2D eigenvalue weighted by Gasteiger charge is -2.44. The lowest BCUT2D eigenvalue weighted by molar-refractivity contribution is 0.0804. The van der Waals surface area contributed by atoms with Crippen molar-refractivity contribution in [3.8, 4) is 11.5 Å². The summed E-state index contributed by atoms with van der Waals surface area (Å²) in [6, 6.07) is 13.5. The van der Waals surface area contributed by atoms with Crippen LogP contribution >= 0.6 is 0 Å². The summed E-state index contributed by atoms with van der Waals surface area (Å²) in [5, 5.41) is 6.22. The number of urea groups is 1. The van der Waals surface area contributed by atoms with Crippen LogP contribution in [-0.4, -0.2) is 56.2 Å². The van der Waals surface area contributed by atoms with Gasteiger partial charge in [0.2, 0.25) is 0 Å². The Morgan fingerprint density at radius 2 is 1.84 bits per heavy atom. The van der Waals surface area contributed by atoms with Gasteiger partial charge in [-0.15, -0.1) is 0 Å². The number of nitrogens with one attached hydrogen (secondary N) is 2. The van der Waals surface area contributed by atoms with E-state index in [1.807, 2.05) is 47.4 Å². The van der Waals surface area contributed by atoms with Crippen LogP contribution in [0.25, 0.3) is 0 Å². The number of likely N-dealkylation sites (tertiary alicyclic amines) is 1. The van der Waals surface area contributed by atoms with Gasteiger partial charge in [0.25, 0.3) is 5.91 Å². The summed E-state index contributed by atoms with van der Waals surface area (Å²) in [6.45, 7) is 1.80. The molecule has 2 N–H and O–H groups in total. The molecule has 0 bridgehead atoms. The van der Waals surface area contributed by atoms with E-state index in [-0.39, 0.29) is 17.5 Å². The smallest absolute Gasteiger partial charge is 0.317 e. The van der Waals surface area contributed by atoms with Crippen molar-refractivity contribution < 1.29 is 19.1 Å². The number of ether oxygens (including phenoxy) is 2. The van der Waals surface area contributed by atoms with Gasteiger partial charge >= 0.3 is 6.03 Å². The SMILES string of the molecule is COc1ccc(CCNC(=O)N2CCC3(CC2)Cc2ccccc2C(=O)N3)cc1OC. The van der Waals surface area contributed by atoms with Crippen LogP contribution in [0.3, 0.4) is 0 Å². The van der Waals surface area contributed by atoms with Crippen LogP contribution in [0.2, 0.25) is 0 Å². The topological polar surface area (TPSA) is 79.9 Å². The van der Waals surface area contributed by atoms with Gasteiger partial charge in [0.05, 0.1) is 14.2 Å². The van der Waals surface area contributed by atoms with E-state index in [4.69, 9.17) is 9.47 Å². The minimum Gasteiger partial charge on any atom is -0.493 e. The van der Waals surface area contributed by atoms with Crippen LogP contribution in [0, 0.1) is 0 Å². The van der Waals surface area contributed by atoms with Crippen LogP contribution in [0.1, 0.15) is 34.3 Å². The van der Waals surface area contributed by atoms with E-state index in [1.54, 1.807) is 14.2 Å². The van der Waals surface area contributed by atoms with E-state index >= 15 is 0 Å². The molecule has 2 heterocycles. The number of hydrogen-bond donors (Lipinski definition) is 2. The first kappa shape index (κ1) is 21.0. The van der Waals surface area contributed by atoms with E-state index in [2.05, 4.69) is 10.6 Å². The van der Waals surface area contributed by atoms with E-state index in [0.29, 0.717) is 37.6 Å². The molecular formula is C24H29N3O4. The highest BCUT2D eigenvalue weighted by molar-refractivity contribution is 5.97. The van der Waals surface area contributed by atoms with Crippen LogP contribution in [0.4, 0.5) is 4.79 Å². The first-order valence-electron chi connectivity index (χ1n) is 10.7. The number of methoxy groups -OCH3 is 2. The third-order valence-corrected chi connectivity index (χ3v) is 6.32. The van der Waals surface area contributed by atoms with Crippen molar-refractivity contribution in [2.45, 2.75) is 31.2 Å². The number of carbonyl (C=O) groups excluding carboxylic acids is 2. The standard InChI is InChI=1S/C24H29N3O4/c1-30-20-8-7-17(15-21(20)31-2)9-12-25-23(29)27-13-10-24(11-14-27)16-18-5-3-4-6-19(18)22(28)26-24/h3-8,15H,9-14,16H2,1-2H3,(H,25,29)(H,26,28).